The highest BCUT2D eigenvalue weighted by atomic mass is 32.1. The van der Waals surface area contributed by atoms with E-state index < -0.39 is 6.61 Å². The van der Waals surface area contributed by atoms with Crippen LogP contribution in [0.15, 0.2) is 23.3 Å². The van der Waals surface area contributed by atoms with Crippen molar-refractivity contribution in [2.24, 2.45) is 5.10 Å². The molecule has 134 valence electrons. The zero-order valence-electron chi connectivity index (χ0n) is 13.9. The number of nitrogens with one attached hydrogen (secondary N) is 2. The maximum Gasteiger partial charge on any atom is 0.387 e. The highest BCUT2D eigenvalue weighted by molar-refractivity contribution is 7.80. The van der Waals surface area contributed by atoms with Crippen LogP contribution in [0.25, 0.3) is 0 Å². The van der Waals surface area contributed by atoms with Gasteiger partial charge in [0, 0.05) is 12.1 Å². The van der Waals surface area contributed by atoms with Crippen molar-refractivity contribution in [3.63, 3.8) is 0 Å². The third-order valence-electron chi connectivity index (χ3n) is 2.95. The van der Waals surface area contributed by atoms with Crippen LogP contribution in [0.2, 0.25) is 0 Å². The Kier molecular flexibility index (Phi) is 9.67. The Bertz CT molecular complexity index is 542. The Morgan fingerprint density at radius 2 is 2.12 bits per heavy atom. The summed E-state index contributed by atoms with van der Waals surface area (Å²) in [6.07, 6.45) is 4.63. The molecule has 0 unspecified atom stereocenters. The third-order valence-corrected chi connectivity index (χ3v) is 3.19. The summed E-state index contributed by atoms with van der Waals surface area (Å²) in [4.78, 5) is 0. The second kappa shape index (κ2) is 11.6. The molecular formula is C16H23F2N3O2S. The molecule has 0 aliphatic heterocycles. The molecule has 0 aliphatic rings. The van der Waals surface area contributed by atoms with Crippen molar-refractivity contribution in [1.82, 2.24) is 10.7 Å². The fourth-order valence-corrected chi connectivity index (χ4v) is 2.05. The quantitative estimate of drug-likeness (QED) is 0.289. The summed E-state index contributed by atoms with van der Waals surface area (Å²) in [5.74, 6) is 0.184. The molecular weight excluding hydrogens is 336 g/mol. The van der Waals surface area contributed by atoms with E-state index in [2.05, 4.69) is 27.5 Å². The van der Waals surface area contributed by atoms with Gasteiger partial charge in [0.15, 0.2) is 16.6 Å². The Morgan fingerprint density at radius 3 is 2.79 bits per heavy atom. The fourth-order valence-electron chi connectivity index (χ4n) is 1.90. The molecule has 0 amide bonds. The Hall–Kier alpha value is -1.96. The summed E-state index contributed by atoms with van der Waals surface area (Å²) in [5.41, 5.74) is 3.01. The molecule has 2 N–H and O–H groups in total. The minimum absolute atomic E-state index is 0.0540. The summed E-state index contributed by atoms with van der Waals surface area (Å²) in [5, 5.41) is 7.34. The molecule has 0 aliphatic carbocycles. The van der Waals surface area contributed by atoms with Gasteiger partial charge in [0.1, 0.15) is 0 Å². The summed E-state index contributed by atoms with van der Waals surface area (Å²) < 4.78 is 35.1. The van der Waals surface area contributed by atoms with Crippen LogP contribution in [0.4, 0.5) is 8.78 Å². The molecule has 0 heterocycles. The lowest BCUT2D eigenvalue weighted by Gasteiger charge is -2.13. The maximum absolute atomic E-state index is 12.6. The van der Waals surface area contributed by atoms with Crippen molar-refractivity contribution in [2.45, 2.75) is 39.7 Å². The number of hydrogen-bond donors (Lipinski definition) is 2. The average molecular weight is 359 g/mol. The number of unbranched alkanes of at least 4 members (excludes halogenated alkanes) is 2. The van der Waals surface area contributed by atoms with Gasteiger partial charge >= 0.3 is 6.61 Å². The Morgan fingerprint density at radius 1 is 1.33 bits per heavy atom. The SMILES string of the molecule is CCCCCNC(=S)N/N=C\c1cccc(OCC)c1OC(F)F. The zero-order chi connectivity index (χ0) is 17.8. The van der Waals surface area contributed by atoms with Gasteiger partial charge in [-0.05, 0) is 37.7 Å². The van der Waals surface area contributed by atoms with Gasteiger partial charge < -0.3 is 14.8 Å². The second-order valence-corrected chi connectivity index (χ2v) is 5.23. The van der Waals surface area contributed by atoms with E-state index in [-0.39, 0.29) is 11.5 Å². The maximum atomic E-state index is 12.6. The van der Waals surface area contributed by atoms with Crippen molar-refractivity contribution in [2.75, 3.05) is 13.2 Å². The number of hydrazone groups is 1. The highest BCUT2D eigenvalue weighted by Gasteiger charge is 2.14. The van der Waals surface area contributed by atoms with E-state index in [1.165, 1.54) is 6.21 Å². The number of halogens is 2. The van der Waals surface area contributed by atoms with Gasteiger partial charge in [-0.25, -0.2) is 0 Å². The summed E-state index contributed by atoms with van der Waals surface area (Å²) in [7, 11) is 0. The van der Waals surface area contributed by atoms with Crippen molar-refractivity contribution in [1.29, 1.82) is 0 Å². The van der Waals surface area contributed by atoms with E-state index in [0.717, 1.165) is 25.8 Å². The van der Waals surface area contributed by atoms with Crippen LogP contribution in [-0.4, -0.2) is 31.1 Å². The third kappa shape index (κ3) is 7.54. The molecule has 0 radical (unpaired) electrons. The lowest BCUT2D eigenvalue weighted by atomic mass is 10.2. The van der Waals surface area contributed by atoms with E-state index in [1.807, 2.05) is 0 Å². The lowest BCUT2D eigenvalue weighted by molar-refractivity contribution is -0.0515. The van der Waals surface area contributed by atoms with Crippen LogP contribution in [0, 0.1) is 0 Å². The first-order valence-electron chi connectivity index (χ1n) is 7.86. The molecule has 8 heteroatoms. The molecule has 0 aromatic heterocycles. The molecule has 1 rings (SSSR count). The predicted octanol–water partition coefficient (Wildman–Crippen LogP) is 3.67. The summed E-state index contributed by atoms with van der Waals surface area (Å²) in [6.45, 7) is 2.03. The molecule has 1 aromatic rings. The standard InChI is InChI=1S/C16H23F2N3O2S/c1-3-5-6-10-19-16(24)21-20-11-12-8-7-9-13(22-4-2)14(12)23-15(17)18/h7-9,11,15H,3-6,10H2,1-2H3,(H2,19,21,24)/b20-11-. The number of ether oxygens (including phenoxy) is 2. The van der Waals surface area contributed by atoms with Crippen molar-refractivity contribution in [3.05, 3.63) is 23.8 Å². The van der Waals surface area contributed by atoms with Crippen LogP contribution in [0.1, 0.15) is 38.7 Å². The van der Waals surface area contributed by atoms with Gasteiger partial charge in [0.2, 0.25) is 0 Å². The van der Waals surface area contributed by atoms with Crippen LogP contribution in [0.3, 0.4) is 0 Å². The summed E-state index contributed by atoms with van der Waals surface area (Å²) in [6, 6.07) is 4.83. The van der Waals surface area contributed by atoms with Crippen LogP contribution in [0.5, 0.6) is 11.5 Å². The molecule has 0 spiro atoms. The Labute approximate surface area is 146 Å². The first-order chi connectivity index (χ1) is 11.6. The van der Waals surface area contributed by atoms with E-state index >= 15 is 0 Å². The van der Waals surface area contributed by atoms with Gasteiger partial charge in [0.05, 0.1) is 12.8 Å². The number of benzene rings is 1. The first-order valence-corrected chi connectivity index (χ1v) is 8.26. The van der Waals surface area contributed by atoms with Gasteiger partial charge in [-0.1, -0.05) is 25.8 Å². The van der Waals surface area contributed by atoms with Crippen molar-refractivity contribution < 1.29 is 18.3 Å². The summed E-state index contributed by atoms with van der Waals surface area (Å²) >= 11 is 5.08. The zero-order valence-corrected chi connectivity index (χ0v) is 14.7. The molecule has 1 aromatic carbocycles. The smallest absolute Gasteiger partial charge is 0.387 e. The fraction of sp³-hybridized carbons (Fsp3) is 0.500. The molecule has 24 heavy (non-hydrogen) atoms. The first kappa shape index (κ1) is 20.1. The molecule has 0 saturated heterocycles. The van der Waals surface area contributed by atoms with Crippen LogP contribution in [-0.2, 0) is 0 Å². The molecule has 0 bridgehead atoms. The highest BCUT2D eigenvalue weighted by Crippen LogP contribution is 2.31. The van der Waals surface area contributed by atoms with Crippen molar-refractivity contribution in [3.8, 4) is 11.5 Å². The van der Waals surface area contributed by atoms with Crippen LogP contribution < -0.4 is 20.2 Å². The normalized spacial score (nSPS) is 10.9. The minimum Gasteiger partial charge on any atom is -0.490 e. The minimum atomic E-state index is -2.95. The van der Waals surface area contributed by atoms with Gasteiger partial charge in [-0.3, -0.25) is 5.43 Å². The average Bonchev–Trinajstić information content (AvgIpc) is 2.54. The number of thiocarbonyl (C=S) groups is 1. The van der Waals surface area contributed by atoms with Gasteiger partial charge in [0.25, 0.3) is 0 Å². The van der Waals surface area contributed by atoms with E-state index in [0.29, 0.717) is 17.3 Å². The monoisotopic (exact) mass is 359 g/mol. The van der Waals surface area contributed by atoms with E-state index in [4.69, 9.17) is 17.0 Å². The lowest BCUT2D eigenvalue weighted by Crippen LogP contribution is -2.32. The van der Waals surface area contributed by atoms with Gasteiger partial charge in [-0.15, -0.1) is 0 Å². The number of alkyl halides is 2. The van der Waals surface area contributed by atoms with Gasteiger partial charge in [-0.2, -0.15) is 13.9 Å². The largest absolute Gasteiger partial charge is 0.490 e. The number of para-hydroxylation sites is 1. The number of hydrogen-bond acceptors (Lipinski definition) is 4. The molecule has 0 atom stereocenters. The Balaban J connectivity index is 2.68. The molecule has 0 saturated carbocycles. The number of nitrogens with zero attached hydrogens (tertiary/aromatic N) is 1. The second-order valence-electron chi connectivity index (χ2n) is 4.82. The molecule has 5 nitrogen and oxygen atoms in total. The van der Waals surface area contributed by atoms with Crippen molar-refractivity contribution >= 4 is 23.5 Å². The topological polar surface area (TPSA) is 54.9 Å². The number of rotatable bonds is 10. The van der Waals surface area contributed by atoms with E-state index in [1.54, 1.807) is 25.1 Å². The van der Waals surface area contributed by atoms with E-state index in [9.17, 15) is 8.78 Å². The predicted molar refractivity (Wildman–Crippen MR) is 95.1 cm³/mol. The van der Waals surface area contributed by atoms with Crippen LogP contribution >= 0.6 is 12.2 Å². The molecule has 0 fully saturated rings.